The van der Waals surface area contributed by atoms with E-state index in [1.54, 1.807) is 0 Å². The Morgan fingerprint density at radius 2 is 2.07 bits per heavy atom. The van der Waals surface area contributed by atoms with Crippen LogP contribution in [0.25, 0.3) is 0 Å². The molecule has 3 aliphatic rings. The minimum atomic E-state index is -0.333. The Labute approximate surface area is 160 Å². The van der Waals surface area contributed by atoms with Gasteiger partial charge in [0.05, 0.1) is 17.6 Å². The molecule has 4 rings (SSSR count). The summed E-state index contributed by atoms with van der Waals surface area (Å²) in [5.74, 6) is 0.0628. The van der Waals surface area contributed by atoms with Crippen molar-refractivity contribution < 1.29 is 9.59 Å². The van der Waals surface area contributed by atoms with Gasteiger partial charge in [-0.25, -0.2) is 4.98 Å². The molecule has 7 heteroatoms. The Morgan fingerprint density at radius 1 is 1.30 bits per heavy atom. The zero-order valence-corrected chi connectivity index (χ0v) is 16.3. The SMILES string of the molecule is CC(C)=CCN1CCc2[nH]cnc2C12CCN(C(=O)[C@@H]1CCC(=O)N1)CC2. The fraction of sp³-hybridized carbons (Fsp3) is 0.650. The number of aromatic amines is 1. The number of hydrogen-bond donors (Lipinski definition) is 2. The molecule has 0 saturated carbocycles. The molecule has 0 aliphatic carbocycles. The highest BCUT2D eigenvalue weighted by Crippen LogP contribution is 2.42. The number of rotatable bonds is 3. The molecule has 2 amide bonds. The van der Waals surface area contributed by atoms with Gasteiger partial charge >= 0.3 is 0 Å². The van der Waals surface area contributed by atoms with E-state index in [0.717, 1.165) is 38.0 Å². The van der Waals surface area contributed by atoms with Gasteiger partial charge in [0, 0.05) is 44.7 Å². The molecular weight excluding hydrogens is 342 g/mol. The van der Waals surface area contributed by atoms with Crippen molar-refractivity contribution in [3.8, 4) is 0 Å². The van der Waals surface area contributed by atoms with Crippen molar-refractivity contribution in [3.63, 3.8) is 0 Å². The van der Waals surface area contributed by atoms with Gasteiger partial charge in [-0.2, -0.15) is 0 Å². The molecule has 1 spiro atoms. The largest absolute Gasteiger partial charge is 0.348 e. The van der Waals surface area contributed by atoms with Crippen LogP contribution in [0.5, 0.6) is 0 Å². The van der Waals surface area contributed by atoms with Gasteiger partial charge in [-0.3, -0.25) is 14.5 Å². The third-order valence-electron chi connectivity index (χ3n) is 6.31. The second kappa shape index (κ2) is 7.11. The van der Waals surface area contributed by atoms with Gasteiger partial charge in [0.1, 0.15) is 6.04 Å². The van der Waals surface area contributed by atoms with E-state index in [1.807, 2.05) is 11.2 Å². The van der Waals surface area contributed by atoms with E-state index in [1.165, 1.54) is 11.3 Å². The van der Waals surface area contributed by atoms with Crippen LogP contribution in [-0.4, -0.2) is 63.8 Å². The van der Waals surface area contributed by atoms with Crippen LogP contribution in [0, 0.1) is 0 Å². The van der Waals surface area contributed by atoms with Crippen molar-refractivity contribution in [2.75, 3.05) is 26.2 Å². The lowest BCUT2D eigenvalue weighted by Gasteiger charge is -2.50. The number of allylic oxidation sites excluding steroid dienone is 1. The summed E-state index contributed by atoms with van der Waals surface area (Å²) < 4.78 is 0. The van der Waals surface area contributed by atoms with Gasteiger partial charge in [0.25, 0.3) is 0 Å². The van der Waals surface area contributed by atoms with Crippen molar-refractivity contribution in [3.05, 3.63) is 29.4 Å². The van der Waals surface area contributed by atoms with Gasteiger partial charge in [-0.15, -0.1) is 0 Å². The maximum Gasteiger partial charge on any atom is 0.245 e. The molecule has 2 N–H and O–H groups in total. The number of piperidine rings is 1. The standard InChI is InChI=1S/C20H29N5O2/c1-14(2)5-9-25-10-6-15-18(22-13-21-15)20(25)7-11-24(12-8-20)19(27)16-3-4-17(26)23-16/h5,13,16H,3-4,6-12H2,1-2H3,(H,21,22)(H,23,26)/t16-/m0/s1. The number of carbonyl (C=O) groups excluding carboxylic acids is 2. The predicted octanol–water partition coefficient (Wildman–Crippen LogP) is 1.33. The lowest BCUT2D eigenvalue weighted by Crippen LogP contribution is -2.58. The molecule has 1 aromatic rings. The van der Waals surface area contributed by atoms with Crippen LogP contribution in [0.2, 0.25) is 0 Å². The van der Waals surface area contributed by atoms with Crippen LogP contribution in [0.3, 0.4) is 0 Å². The number of H-pyrrole nitrogens is 1. The summed E-state index contributed by atoms with van der Waals surface area (Å²) >= 11 is 0. The molecule has 146 valence electrons. The molecule has 0 bridgehead atoms. The van der Waals surface area contributed by atoms with Crippen molar-refractivity contribution in [1.82, 2.24) is 25.1 Å². The quantitative estimate of drug-likeness (QED) is 0.786. The molecule has 0 radical (unpaired) electrons. The minimum absolute atomic E-state index is 0.0110. The maximum atomic E-state index is 12.8. The second-order valence-corrected chi connectivity index (χ2v) is 8.22. The molecule has 4 heterocycles. The number of imidazole rings is 1. The molecule has 2 fully saturated rings. The Kier molecular flexibility index (Phi) is 4.80. The first-order chi connectivity index (χ1) is 13.0. The van der Waals surface area contributed by atoms with Crippen LogP contribution in [0.1, 0.15) is 50.9 Å². The number of carbonyl (C=O) groups is 2. The summed E-state index contributed by atoms with van der Waals surface area (Å²) in [7, 11) is 0. The number of nitrogens with zero attached hydrogens (tertiary/aromatic N) is 3. The van der Waals surface area contributed by atoms with E-state index in [9.17, 15) is 9.59 Å². The average Bonchev–Trinajstić information content (AvgIpc) is 3.30. The van der Waals surface area contributed by atoms with Crippen molar-refractivity contribution >= 4 is 11.8 Å². The molecule has 2 saturated heterocycles. The molecule has 1 aromatic heterocycles. The third kappa shape index (κ3) is 3.29. The Morgan fingerprint density at radius 3 is 2.74 bits per heavy atom. The average molecular weight is 371 g/mol. The number of fused-ring (bicyclic) bond motifs is 2. The van der Waals surface area contributed by atoms with Crippen LogP contribution in [0.15, 0.2) is 18.0 Å². The zero-order valence-electron chi connectivity index (χ0n) is 16.3. The highest BCUT2D eigenvalue weighted by molar-refractivity contribution is 5.90. The smallest absolute Gasteiger partial charge is 0.245 e. The lowest BCUT2D eigenvalue weighted by atomic mass is 9.78. The first-order valence-corrected chi connectivity index (χ1v) is 9.99. The van der Waals surface area contributed by atoms with Crippen LogP contribution >= 0.6 is 0 Å². The molecule has 0 unspecified atom stereocenters. The summed E-state index contributed by atoms with van der Waals surface area (Å²) in [4.78, 5) is 36.7. The van der Waals surface area contributed by atoms with Crippen LogP contribution in [-0.2, 0) is 21.5 Å². The maximum absolute atomic E-state index is 12.8. The van der Waals surface area contributed by atoms with Gasteiger partial charge < -0.3 is 15.2 Å². The summed E-state index contributed by atoms with van der Waals surface area (Å²) in [5.41, 5.74) is 3.63. The topological polar surface area (TPSA) is 81.3 Å². The summed E-state index contributed by atoms with van der Waals surface area (Å²) in [5, 5.41) is 2.81. The highest BCUT2D eigenvalue weighted by atomic mass is 16.2. The van der Waals surface area contributed by atoms with Crippen molar-refractivity contribution in [2.24, 2.45) is 0 Å². The third-order valence-corrected chi connectivity index (χ3v) is 6.31. The normalized spacial score (nSPS) is 24.6. The number of aromatic nitrogens is 2. The molecule has 3 aliphatic heterocycles. The number of nitrogens with one attached hydrogen (secondary N) is 2. The first kappa shape index (κ1) is 18.2. The minimum Gasteiger partial charge on any atom is -0.348 e. The van der Waals surface area contributed by atoms with Gasteiger partial charge in [-0.1, -0.05) is 11.6 Å². The Bertz CT molecular complexity index is 756. The Balaban J connectivity index is 1.52. The molecular formula is C20H29N5O2. The van der Waals surface area contributed by atoms with E-state index in [2.05, 4.69) is 40.1 Å². The Hall–Kier alpha value is -2.15. The first-order valence-electron chi connectivity index (χ1n) is 9.99. The second-order valence-electron chi connectivity index (χ2n) is 8.22. The summed E-state index contributed by atoms with van der Waals surface area (Å²) in [6.45, 7) is 7.61. The zero-order chi connectivity index (χ0) is 19.0. The fourth-order valence-electron chi connectivity index (χ4n) is 4.75. The van der Waals surface area contributed by atoms with E-state index in [0.29, 0.717) is 25.9 Å². The van der Waals surface area contributed by atoms with Gasteiger partial charge in [0.2, 0.25) is 11.8 Å². The fourth-order valence-corrected chi connectivity index (χ4v) is 4.75. The highest BCUT2D eigenvalue weighted by Gasteiger charge is 2.47. The van der Waals surface area contributed by atoms with Gasteiger partial charge in [0.15, 0.2) is 0 Å². The predicted molar refractivity (Wildman–Crippen MR) is 102 cm³/mol. The summed E-state index contributed by atoms with van der Waals surface area (Å²) in [6.07, 6.45) is 7.93. The van der Waals surface area contributed by atoms with E-state index < -0.39 is 0 Å². The van der Waals surface area contributed by atoms with E-state index in [-0.39, 0.29) is 23.4 Å². The molecule has 0 aromatic carbocycles. The lowest BCUT2D eigenvalue weighted by molar-refractivity contribution is -0.137. The number of hydrogen-bond acceptors (Lipinski definition) is 4. The van der Waals surface area contributed by atoms with Crippen molar-refractivity contribution in [1.29, 1.82) is 0 Å². The number of amides is 2. The van der Waals surface area contributed by atoms with E-state index >= 15 is 0 Å². The monoisotopic (exact) mass is 371 g/mol. The molecule has 27 heavy (non-hydrogen) atoms. The van der Waals surface area contributed by atoms with E-state index in [4.69, 9.17) is 0 Å². The molecule has 7 nitrogen and oxygen atoms in total. The van der Waals surface area contributed by atoms with Gasteiger partial charge in [-0.05, 0) is 33.1 Å². The number of likely N-dealkylation sites (tertiary alicyclic amines) is 1. The van der Waals surface area contributed by atoms with Crippen LogP contribution < -0.4 is 5.32 Å². The van der Waals surface area contributed by atoms with Crippen molar-refractivity contribution in [2.45, 2.75) is 57.5 Å². The van der Waals surface area contributed by atoms with Crippen LogP contribution in [0.4, 0.5) is 0 Å². The summed E-state index contributed by atoms with van der Waals surface area (Å²) in [6, 6.07) is -0.333. The molecule has 1 atom stereocenters.